The summed E-state index contributed by atoms with van der Waals surface area (Å²) in [4.78, 5) is 4.01. The van der Waals surface area contributed by atoms with Crippen molar-refractivity contribution in [2.75, 3.05) is 0 Å². The van der Waals surface area contributed by atoms with Gasteiger partial charge >= 0.3 is 0 Å². The summed E-state index contributed by atoms with van der Waals surface area (Å²) in [5, 5.41) is 11.3. The second-order valence-corrected chi connectivity index (χ2v) is 3.46. The number of benzene rings is 1. The van der Waals surface area contributed by atoms with Crippen molar-refractivity contribution in [3.63, 3.8) is 0 Å². The van der Waals surface area contributed by atoms with E-state index in [1.54, 1.807) is 12.4 Å². The summed E-state index contributed by atoms with van der Waals surface area (Å²) in [6.07, 6.45) is 4.87. The molecule has 1 aromatic carbocycles. The fourth-order valence-electron chi connectivity index (χ4n) is 1.37. The molecule has 1 N–H and O–H groups in total. The van der Waals surface area contributed by atoms with Crippen LogP contribution in [0.1, 0.15) is 11.1 Å². The minimum absolute atomic E-state index is 0.487. The molecule has 0 unspecified atom stereocenters. The van der Waals surface area contributed by atoms with Crippen LogP contribution >= 0.6 is 0 Å². The van der Waals surface area contributed by atoms with E-state index in [1.165, 1.54) is 6.21 Å². The molecule has 0 fully saturated rings. The van der Waals surface area contributed by atoms with Gasteiger partial charge in [-0.3, -0.25) is 4.98 Å². The molecule has 0 amide bonds. The van der Waals surface area contributed by atoms with E-state index in [0.717, 1.165) is 16.9 Å². The Morgan fingerprint density at radius 1 is 1.24 bits per heavy atom. The lowest BCUT2D eigenvalue weighted by Gasteiger charge is -2.05. The molecule has 0 radical (unpaired) electrons. The summed E-state index contributed by atoms with van der Waals surface area (Å²) in [6, 6.07) is 11.1. The van der Waals surface area contributed by atoms with Gasteiger partial charge in [0.25, 0.3) is 0 Å². The highest BCUT2D eigenvalue weighted by Crippen LogP contribution is 2.13. The molecule has 86 valence electrons. The van der Waals surface area contributed by atoms with Gasteiger partial charge in [0.15, 0.2) is 0 Å². The predicted molar refractivity (Wildman–Crippen MR) is 64.4 cm³/mol. The second-order valence-electron chi connectivity index (χ2n) is 3.46. The van der Waals surface area contributed by atoms with E-state index in [4.69, 9.17) is 9.94 Å². The first kappa shape index (κ1) is 11.1. The van der Waals surface area contributed by atoms with E-state index in [0.29, 0.717) is 6.61 Å². The Labute approximate surface area is 99.2 Å². The Bertz CT molecular complexity index is 481. The number of rotatable bonds is 4. The van der Waals surface area contributed by atoms with Gasteiger partial charge in [-0.05, 0) is 35.9 Å². The maximum absolute atomic E-state index is 8.37. The maximum Gasteiger partial charge on any atom is 0.119 e. The molecule has 1 aromatic heterocycles. The average Bonchev–Trinajstić information content (AvgIpc) is 2.40. The summed E-state index contributed by atoms with van der Waals surface area (Å²) < 4.78 is 5.58. The lowest BCUT2D eigenvalue weighted by atomic mass is 10.2. The molecule has 0 saturated heterocycles. The monoisotopic (exact) mass is 228 g/mol. The largest absolute Gasteiger partial charge is 0.489 e. The zero-order valence-electron chi connectivity index (χ0n) is 9.15. The van der Waals surface area contributed by atoms with Crippen LogP contribution in [0.15, 0.2) is 53.9 Å². The van der Waals surface area contributed by atoms with E-state index in [1.807, 2.05) is 36.4 Å². The van der Waals surface area contributed by atoms with Crippen molar-refractivity contribution in [2.24, 2.45) is 5.16 Å². The number of nitrogens with zero attached hydrogens (tertiary/aromatic N) is 2. The fourth-order valence-corrected chi connectivity index (χ4v) is 1.37. The van der Waals surface area contributed by atoms with Crippen LogP contribution in [0.4, 0.5) is 0 Å². The van der Waals surface area contributed by atoms with Crippen molar-refractivity contribution in [3.05, 3.63) is 59.9 Å². The van der Waals surface area contributed by atoms with Gasteiger partial charge in [-0.15, -0.1) is 0 Å². The molecule has 4 heteroatoms. The molecular weight excluding hydrogens is 216 g/mol. The highest BCUT2D eigenvalue weighted by molar-refractivity contribution is 5.79. The van der Waals surface area contributed by atoms with Gasteiger partial charge in [0, 0.05) is 18.0 Å². The Balaban J connectivity index is 1.95. The predicted octanol–water partition coefficient (Wildman–Crippen LogP) is 2.47. The number of oxime groups is 1. The zero-order valence-corrected chi connectivity index (χ0v) is 9.15. The molecule has 0 atom stereocenters. The molecule has 0 bridgehead atoms. The molecule has 4 nitrogen and oxygen atoms in total. The summed E-state index contributed by atoms with van der Waals surface area (Å²) in [6.45, 7) is 0.487. The SMILES string of the molecule is O/N=C/c1ccc(OCc2cccnc2)cc1. The van der Waals surface area contributed by atoms with E-state index in [-0.39, 0.29) is 0 Å². The molecule has 2 rings (SSSR count). The highest BCUT2D eigenvalue weighted by atomic mass is 16.5. The first-order valence-electron chi connectivity index (χ1n) is 5.18. The second kappa shape index (κ2) is 5.65. The lowest BCUT2D eigenvalue weighted by Crippen LogP contribution is -1.95. The van der Waals surface area contributed by atoms with E-state index in [2.05, 4.69) is 10.1 Å². The van der Waals surface area contributed by atoms with Crippen molar-refractivity contribution in [1.82, 2.24) is 4.98 Å². The molecule has 0 aliphatic carbocycles. The van der Waals surface area contributed by atoms with Crippen LogP contribution in [-0.4, -0.2) is 16.4 Å². The Kier molecular flexibility index (Phi) is 3.70. The average molecular weight is 228 g/mol. The minimum atomic E-state index is 0.487. The molecule has 17 heavy (non-hydrogen) atoms. The van der Waals surface area contributed by atoms with Gasteiger partial charge in [0.05, 0.1) is 6.21 Å². The molecule has 0 aliphatic rings. The molecule has 0 aliphatic heterocycles. The van der Waals surface area contributed by atoms with E-state index < -0.39 is 0 Å². The molecular formula is C13H12N2O2. The van der Waals surface area contributed by atoms with Gasteiger partial charge in [-0.1, -0.05) is 11.2 Å². The lowest BCUT2D eigenvalue weighted by molar-refractivity contribution is 0.305. The van der Waals surface area contributed by atoms with Crippen LogP contribution in [0.2, 0.25) is 0 Å². The first-order valence-corrected chi connectivity index (χ1v) is 5.18. The normalized spacial score (nSPS) is 10.6. The third kappa shape index (κ3) is 3.31. The van der Waals surface area contributed by atoms with Crippen LogP contribution < -0.4 is 4.74 Å². The third-order valence-corrected chi connectivity index (χ3v) is 2.22. The minimum Gasteiger partial charge on any atom is -0.489 e. The molecule has 2 aromatic rings. The van der Waals surface area contributed by atoms with E-state index >= 15 is 0 Å². The van der Waals surface area contributed by atoms with Crippen molar-refractivity contribution >= 4 is 6.21 Å². The number of ether oxygens (including phenoxy) is 1. The maximum atomic E-state index is 8.37. The summed E-state index contributed by atoms with van der Waals surface area (Å²) >= 11 is 0. The standard InChI is InChI=1S/C13H12N2O2/c16-15-9-11-3-5-13(6-4-11)17-10-12-2-1-7-14-8-12/h1-9,16H,10H2/b15-9+. The Hall–Kier alpha value is -2.36. The van der Waals surface area contributed by atoms with Crippen molar-refractivity contribution in [3.8, 4) is 5.75 Å². The number of aromatic nitrogens is 1. The van der Waals surface area contributed by atoms with Gasteiger partial charge in [-0.2, -0.15) is 0 Å². The number of pyridine rings is 1. The van der Waals surface area contributed by atoms with Gasteiger partial charge in [0.2, 0.25) is 0 Å². The van der Waals surface area contributed by atoms with Crippen molar-refractivity contribution < 1.29 is 9.94 Å². The quantitative estimate of drug-likeness (QED) is 0.497. The first-order chi connectivity index (χ1) is 8.38. The fraction of sp³-hybridized carbons (Fsp3) is 0.0769. The molecule has 0 saturated carbocycles. The number of hydrogen-bond acceptors (Lipinski definition) is 4. The van der Waals surface area contributed by atoms with Crippen LogP contribution in [0.25, 0.3) is 0 Å². The third-order valence-electron chi connectivity index (χ3n) is 2.22. The van der Waals surface area contributed by atoms with Gasteiger partial charge < -0.3 is 9.94 Å². The van der Waals surface area contributed by atoms with E-state index in [9.17, 15) is 0 Å². The number of hydrogen-bond donors (Lipinski definition) is 1. The van der Waals surface area contributed by atoms with Crippen LogP contribution in [-0.2, 0) is 6.61 Å². The highest BCUT2D eigenvalue weighted by Gasteiger charge is 1.96. The van der Waals surface area contributed by atoms with Crippen molar-refractivity contribution in [1.29, 1.82) is 0 Å². The molecule has 0 spiro atoms. The van der Waals surface area contributed by atoms with Gasteiger partial charge in [0.1, 0.15) is 12.4 Å². The zero-order chi connectivity index (χ0) is 11.9. The van der Waals surface area contributed by atoms with Crippen LogP contribution in [0.3, 0.4) is 0 Å². The van der Waals surface area contributed by atoms with Crippen LogP contribution in [0, 0.1) is 0 Å². The van der Waals surface area contributed by atoms with Crippen LogP contribution in [0.5, 0.6) is 5.75 Å². The smallest absolute Gasteiger partial charge is 0.119 e. The molecule has 1 heterocycles. The van der Waals surface area contributed by atoms with Gasteiger partial charge in [-0.25, -0.2) is 0 Å². The summed E-state index contributed by atoms with van der Waals surface area (Å²) in [7, 11) is 0. The van der Waals surface area contributed by atoms with Crippen molar-refractivity contribution in [2.45, 2.75) is 6.61 Å². The summed E-state index contributed by atoms with van der Waals surface area (Å²) in [5.41, 5.74) is 1.84. The summed E-state index contributed by atoms with van der Waals surface area (Å²) in [5.74, 6) is 0.768. The Morgan fingerprint density at radius 2 is 2.06 bits per heavy atom. The Morgan fingerprint density at radius 3 is 2.71 bits per heavy atom. The topological polar surface area (TPSA) is 54.7 Å².